The number of unbranched alkanes of at least 4 members (excludes halogenated alkanes) is 1. The van der Waals surface area contributed by atoms with Gasteiger partial charge in [0.1, 0.15) is 5.75 Å². The lowest BCUT2D eigenvalue weighted by Gasteiger charge is -2.32. The van der Waals surface area contributed by atoms with Crippen LogP contribution in [-0.2, 0) is 9.59 Å². The molecule has 2 aliphatic rings. The maximum atomic E-state index is 12.2. The number of amides is 3. The van der Waals surface area contributed by atoms with E-state index >= 15 is 0 Å². The van der Waals surface area contributed by atoms with Gasteiger partial charge in [0.15, 0.2) is 0 Å². The van der Waals surface area contributed by atoms with Gasteiger partial charge in [0, 0.05) is 32.6 Å². The van der Waals surface area contributed by atoms with Crippen LogP contribution in [0.3, 0.4) is 0 Å². The van der Waals surface area contributed by atoms with Gasteiger partial charge < -0.3 is 14.5 Å². The van der Waals surface area contributed by atoms with Gasteiger partial charge in [-0.2, -0.15) is 0 Å². The molecule has 0 aliphatic carbocycles. The summed E-state index contributed by atoms with van der Waals surface area (Å²) in [5, 5.41) is -0.237. The third-order valence-corrected chi connectivity index (χ3v) is 5.58. The molecule has 0 radical (unpaired) electrons. The first-order valence-electron chi connectivity index (χ1n) is 9.23. The van der Waals surface area contributed by atoms with Gasteiger partial charge in [0.05, 0.1) is 18.0 Å². The fourth-order valence-corrected chi connectivity index (χ4v) is 3.79. The van der Waals surface area contributed by atoms with E-state index in [4.69, 9.17) is 4.74 Å². The summed E-state index contributed by atoms with van der Waals surface area (Å²) in [7, 11) is 2.07. The van der Waals surface area contributed by atoms with Crippen LogP contribution in [0.15, 0.2) is 24.3 Å². The van der Waals surface area contributed by atoms with Gasteiger partial charge >= 0.3 is 0 Å². The smallest absolute Gasteiger partial charge is 0.293 e. The Morgan fingerprint density at radius 1 is 1.07 bits per heavy atom. The SMILES string of the molecule is CN1CCN(C(=O)CCCCOc2ccc(N3C(=O)CSC3=O)cc2)CC1. The summed E-state index contributed by atoms with van der Waals surface area (Å²) in [6.45, 7) is 4.06. The highest BCUT2D eigenvalue weighted by Crippen LogP contribution is 2.27. The first kappa shape index (κ1) is 19.7. The lowest BCUT2D eigenvalue weighted by Crippen LogP contribution is -2.47. The number of hydrogen-bond donors (Lipinski definition) is 0. The summed E-state index contributed by atoms with van der Waals surface area (Å²) in [5.41, 5.74) is 0.570. The zero-order valence-corrected chi connectivity index (χ0v) is 16.4. The lowest BCUT2D eigenvalue weighted by molar-refractivity contribution is -0.132. The van der Waals surface area contributed by atoms with Crippen molar-refractivity contribution in [1.29, 1.82) is 0 Å². The number of rotatable bonds is 7. The Bertz CT molecular complexity index is 671. The molecule has 3 amide bonds. The van der Waals surface area contributed by atoms with Crippen LogP contribution < -0.4 is 9.64 Å². The Morgan fingerprint density at radius 2 is 1.78 bits per heavy atom. The van der Waals surface area contributed by atoms with Crippen LogP contribution in [0.2, 0.25) is 0 Å². The number of carbonyl (C=O) groups excluding carboxylic acids is 3. The second kappa shape index (κ2) is 9.23. The van der Waals surface area contributed by atoms with Crippen molar-refractivity contribution in [2.75, 3.05) is 50.5 Å². The maximum Gasteiger partial charge on any atom is 0.293 e. The lowest BCUT2D eigenvalue weighted by atomic mass is 10.2. The molecular weight excluding hydrogens is 366 g/mol. The number of anilines is 1. The monoisotopic (exact) mass is 391 g/mol. The van der Waals surface area contributed by atoms with Gasteiger partial charge in [0.25, 0.3) is 5.24 Å². The molecular formula is C19H25N3O4S. The van der Waals surface area contributed by atoms with Gasteiger partial charge in [-0.15, -0.1) is 0 Å². The average molecular weight is 391 g/mol. The van der Waals surface area contributed by atoms with Crippen LogP contribution in [0.4, 0.5) is 10.5 Å². The molecule has 3 rings (SSSR count). The van der Waals surface area contributed by atoms with Gasteiger partial charge in [-0.25, -0.2) is 4.90 Å². The third kappa shape index (κ3) is 5.23. The van der Waals surface area contributed by atoms with E-state index in [-0.39, 0.29) is 22.8 Å². The number of benzene rings is 1. The first-order valence-corrected chi connectivity index (χ1v) is 10.2. The van der Waals surface area contributed by atoms with Crippen molar-refractivity contribution in [3.63, 3.8) is 0 Å². The van der Waals surface area contributed by atoms with Crippen LogP contribution >= 0.6 is 11.8 Å². The van der Waals surface area contributed by atoms with E-state index in [2.05, 4.69) is 11.9 Å². The van der Waals surface area contributed by atoms with Gasteiger partial charge in [-0.05, 0) is 44.2 Å². The molecule has 0 spiro atoms. The zero-order chi connectivity index (χ0) is 19.2. The Kier molecular flexibility index (Phi) is 6.73. The topological polar surface area (TPSA) is 70.2 Å². The highest BCUT2D eigenvalue weighted by molar-refractivity contribution is 8.15. The molecule has 1 aromatic carbocycles. The molecule has 0 aromatic heterocycles. The summed E-state index contributed by atoms with van der Waals surface area (Å²) >= 11 is 1.02. The fourth-order valence-electron chi connectivity index (χ4n) is 3.08. The van der Waals surface area contributed by atoms with Crippen molar-refractivity contribution in [3.05, 3.63) is 24.3 Å². The molecule has 0 unspecified atom stereocenters. The van der Waals surface area contributed by atoms with E-state index in [0.717, 1.165) is 50.8 Å². The van der Waals surface area contributed by atoms with Gasteiger partial charge in [0.2, 0.25) is 11.8 Å². The maximum absolute atomic E-state index is 12.2. The molecule has 8 heteroatoms. The molecule has 2 fully saturated rings. The summed E-state index contributed by atoms with van der Waals surface area (Å²) < 4.78 is 5.69. The van der Waals surface area contributed by atoms with Crippen molar-refractivity contribution >= 4 is 34.5 Å². The number of thioether (sulfide) groups is 1. The van der Waals surface area contributed by atoms with Crippen molar-refractivity contribution in [2.24, 2.45) is 0 Å². The second-order valence-corrected chi connectivity index (χ2v) is 7.69. The van der Waals surface area contributed by atoms with Crippen molar-refractivity contribution < 1.29 is 19.1 Å². The van der Waals surface area contributed by atoms with E-state index in [9.17, 15) is 14.4 Å². The van der Waals surface area contributed by atoms with Crippen molar-refractivity contribution in [1.82, 2.24) is 9.80 Å². The highest BCUT2D eigenvalue weighted by Gasteiger charge is 2.31. The number of likely N-dealkylation sites (N-methyl/N-ethyl adjacent to an activating group) is 1. The zero-order valence-electron chi connectivity index (χ0n) is 15.6. The highest BCUT2D eigenvalue weighted by atomic mass is 32.2. The predicted molar refractivity (Wildman–Crippen MR) is 105 cm³/mol. The minimum absolute atomic E-state index is 0.191. The van der Waals surface area contributed by atoms with Crippen LogP contribution in [0.5, 0.6) is 5.75 Å². The van der Waals surface area contributed by atoms with E-state index in [0.29, 0.717) is 24.5 Å². The number of carbonyl (C=O) groups is 3. The molecule has 0 atom stereocenters. The quantitative estimate of drug-likeness (QED) is 0.664. The Labute approximate surface area is 163 Å². The Hall–Kier alpha value is -2.06. The van der Waals surface area contributed by atoms with E-state index in [1.807, 2.05) is 4.90 Å². The molecule has 0 saturated carbocycles. The van der Waals surface area contributed by atoms with Crippen LogP contribution in [0, 0.1) is 0 Å². The van der Waals surface area contributed by atoms with E-state index < -0.39 is 0 Å². The standard InChI is InChI=1S/C19H25N3O4S/c1-20-9-11-21(12-10-20)17(23)4-2-3-13-26-16-7-5-15(6-8-16)22-18(24)14-27-19(22)25/h5-8H,2-4,9-14H2,1H3. The van der Waals surface area contributed by atoms with E-state index in [1.165, 1.54) is 4.90 Å². The minimum Gasteiger partial charge on any atom is -0.494 e. The van der Waals surface area contributed by atoms with Gasteiger partial charge in [-0.3, -0.25) is 14.4 Å². The normalized spacial score (nSPS) is 18.3. The van der Waals surface area contributed by atoms with Crippen LogP contribution in [0.25, 0.3) is 0 Å². The molecule has 0 N–H and O–H groups in total. The van der Waals surface area contributed by atoms with Crippen LogP contribution in [0.1, 0.15) is 19.3 Å². The second-order valence-electron chi connectivity index (χ2n) is 6.77. The number of imide groups is 1. The van der Waals surface area contributed by atoms with E-state index in [1.54, 1.807) is 24.3 Å². The molecule has 2 aliphatic heterocycles. The molecule has 146 valence electrons. The molecule has 2 saturated heterocycles. The molecule has 2 heterocycles. The van der Waals surface area contributed by atoms with Crippen LogP contribution in [-0.4, -0.2) is 72.4 Å². The number of hydrogen-bond acceptors (Lipinski definition) is 6. The predicted octanol–water partition coefficient (Wildman–Crippen LogP) is 2.21. The van der Waals surface area contributed by atoms with Gasteiger partial charge in [-0.1, -0.05) is 11.8 Å². The third-order valence-electron chi connectivity index (χ3n) is 4.76. The van der Waals surface area contributed by atoms with Crippen molar-refractivity contribution in [2.45, 2.75) is 19.3 Å². The Morgan fingerprint density at radius 3 is 2.41 bits per heavy atom. The molecule has 27 heavy (non-hydrogen) atoms. The number of ether oxygens (including phenoxy) is 1. The minimum atomic E-state index is -0.237. The number of nitrogens with zero attached hydrogens (tertiary/aromatic N) is 3. The molecule has 0 bridgehead atoms. The molecule has 7 nitrogen and oxygen atoms in total. The fraction of sp³-hybridized carbons (Fsp3) is 0.526. The average Bonchev–Trinajstić information content (AvgIpc) is 3.01. The summed E-state index contributed by atoms with van der Waals surface area (Å²) in [6.07, 6.45) is 2.17. The first-order chi connectivity index (χ1) is 13.0. The summed E-state index contributed by atoms with van der Waals surface area (Å²) in [5.74, 6) is 0.925. The Balaban J connectivity index is 1.35. The largest absolute Gasteiger partial charge is 0.494 e. The summed E-state index contributed by atoms with van der Waals surface area (Å²) in [4.78, 5) is 41.0. The summed E-state index contributed by atoms with van der Waals surface area (Å²) in [6, 6.07) is 6.95. The van der Waals surface area contributed by atoms with Crippen molar-refractivity contribution in [3.8, 4) is 5.75 Å². The molecule has 1 aromatic rings. The number of piperazine rings is 1.